The van der Waals surface area contributed by atoms with Crippen LogP contribution in [-0.2, 0) is 6.54 Å². The maximum atomic E-state index is 10.4. The molecule has 0 aromatic heterocycles. The first kappa shape index (κ1) is 15.7. The van der Waals surface area contributed by atoms with Crippen LogP contribution in [0.5, 0.6) is 0 Å². The Balaban J connectivity index is 2.08. The highest BCUT2D eigenvalue weighted by atomic mass is 16.3. The molecule has 0 heterocycles. The molecular weight excluding hydrogens is 258 g/mol. The number of rotatable bonds is 6. The van der Waals surface area contributed by atoms with Crippen molar-refractivity contribution in [2.75, 3.05) is 6.54 Å². The molecule has 0 aliphatic heterocycles. The van der Waals surface area contributed by atoms with E-state index in [1.165, 1.54) is 11.1 Å². The van der Waals surface area contributed by atoms with Gasteiger partial charge in [-0.1, -0.05) is 54.6 Å². The first-order chi connectivity index (χ1) is 10.1. The standard InChI is InChI=1S/C19H25NO/c1-15(2)20(13-18-12-8-7-9-16(18)3)14-19(21)17-10-5-4-6-11-17/h4-12,15,19,21H,13-14H2,1-3H3/t19-/m0/s1. The molecular formula is C19H25NO. The van der Waals surface area contributed by atoms with Gasteiger partial charge in [-0.05, 0) is 37.5 Å². The van der Waals surface area contributed by atoms with Crippen LogP contribution in [0.1, 0.15) is 36.6 Å². The van der Waals surface area contributed by atoms with E-state index in [-0.39, 0.29) is 0 Å². The van der Waals surface area contributed by atoms with Crippen molar-refractivity contribution in [2.24, 2.45) is 0 Å². The zero-order chi connectivity index (χ0) is 15.2. The maximum Gasteiger partial charge on any atom is 0.0917 e. The Hall–Kier alpha value is -1.64. The molecule has 21 heavy (non-hydrogen) atoms. The third-order valence-electron chi connectivity index (χ3n) is 3.96. The van der Waals surface area contributed by atoms with E-state index in [4.69, 9.17) is 0 Å². The molecule has 0 fully saturated rings. The van der Waals surface area contributed by atoms with Crippen LogP contribution in [0.2, 0.25) is 0 Å². The van der Waals surface area contributed by atoms with Gasteiger partial charge in [0.05, 0.1) is 6.10 Å². The van der Waals surface area contributed by atoms with Gasteiger partial charge >= 0.3 is 0 Å². The van der Waals surface area contributed by atoms with Gasteiger partial charge in [0.25, 0.3) is 0 Å². The van der Waals surface area contributed by atoms with Crippen molar-refractivity contribution in [2.45, 2.75) is 39.5 Å². The van der Waals surface area contributed by atoms with Crippen LogP contribution in [-0.4, -0.2) is 22.6 Å². The second kappa shape index (κ2) is 7.39. The SMILES string of the molecule is Cc1ccccc1CN(C[C@H](O)c1ccccc1)C(C)C. The lowest BCUT2D eigenvalue weighted by atomic mass is 10.1. The summed E-state index contributed by atoms with van der Waals surface area (Å²) in [5.74, 6) is 0. The van der Waals surface area contributed by atoms with Crippen LogP contribution < -0.4 is 0 Å². The van der Waals surface area contributed by atoms with Gasteiger partial charge in [0, 0.05) is 19.1 Å². The minimum atomic E-state index is -0.447. The number of hydrogen-bond acceptors (Lipinski definition) is 2. The van der Waals surface area contributed by atoms with Gasteiger partial charge in [-0.15, -0.1) is 0 Å². The molecule has 1 atom stereocenters. The third-order valence-corrected chi connectivity index (χ3v) is 3.96. The summed E-state index contributed by atoms with van der Waals surface area (Å²) in [5.41, 5.74) is 3.61. The minimum Gasteiger partial charge on any atom is -0.387 e. The van der Waals surface area contributed by atoms with Gasteiger partial charge in [-0.2, -0.15) is 0 Å². The Labute approximate surface area is 128 Å². The van der Waals surface area contributed by atoms with E-state index in [1.807, 2.05) is 30.3 Å². The van der Waals surface area contributed by atoms with Crippen molar-refractivity contribution >= 4 is 0 Å². The molecule has 112 valence electrons. The fraction of sp³-hybridized carbons (Fsp3) is 0.368. The number of aliphatic hydroxyl groups excluding tert-OH is 1. The van der Waals surface area contributed by atoms with Gasteiger partial charge in [0.1, 0.15) is 0 Å². The van der Waals surface area contributed by atoms with Gasteiger partial charge in [0.2, 0.25) is 0 Å². The zero-order valence-corrected chi connectivity index (χ0v) is 13.2. The third kappa shape index (κ3) is 4.42. The fourth-order valence-corrected chi connectivity index (χ4v) is 2.47. The molecule has 0 amide bonds. The van der Waals surface area contributed by atoms with Crippen molar-refractivity contribution in [1.82, 2.24) is 4.90 Å². The van der Waals surface area contributed by atoms with Crippen molar-refractivity contribution in [3.8, 4) is 0 Å². The lowest BCUT2D eigenvalue weighted by molar-refractivity contribution is 0.0907. The topological polar surface area (TPSA) is 23.5 Å². The van der Waals surface area contributed by atoms with E-state index < -0.39 is 6.10 Å². The Bertz CT molecular complexity index is 551. The Morgan fingerprint density at radius 2 is 1.57 bits per heavy atom. The molecule has 2 nitrogen and oxygen atoms in total. The minimum absolute atomic E-state index is 0.392. The predicted molar refractivity (Wildman–Crippen MR) is 88.1 cm³/mol. The van der Waals surface area contributed by atoms with Gasteiger partial charge in [-0.25, -0.2) is 0 Å². The van der Waals surface area contributed by atoms with Crippen LogP contribution in [0.4, 0.5) is 0 Å². The molecule has 0 radical (unpaired) electrons. The molecule has 2 aromatic rings. The summed E-state index contributed by atoms with van der Waals surface area (Å²) in [6, 6.07) is 18.7. The molecule has 1 N–H and O–H groups in total. The summed E-state index contributed by atoms with van der Waals surface area (Å²) in [5, 5.41) is 10.4. The van der Waals surface area contributed by atoms with E-state index in [0.717, 1.165) is 12.1 Å². The van der Waals surface area contributed by atoms with Crippen LogP contribution in [0.15, 0.2) is 54.6 Å². The van der Waals surface area contributed by atoms with Crippen molar-refractivity contribution < 1.29 is 5.11 Å². The molecule has 0 aliphatic rings. The van der Waals surface area contributed by atoms with Crippen LogP contribution in [0, 0.1) is 6.92 Å². The molecule has 0 bridgehead atoms. The average molecular weight is 283 g/mol. The molecule has 2 heteroatoms. The number of benzene rings is 2. The monoisotopic (exact) mass is 283 g/mol. The summed E-state index contributed by atoms with van der Waals surface area (Å²) in [6.07, 6.45) is -0.447. The summed E-state index contributed by atoms with van der Waals surface area (Å²) >= 11 is 0. The Morgan fingerprint density at radius 1 is 0.952 bits per heavy atom. The fourth-order valence-electron chi connectivity index (χ4n) is 2.47. The molecule has 0 spiro atoms. The summed E-state index contributed by atoms with van der Waals surface area (Å²) in [7, 11) is 0. The lowest BCUT2D eigenvalue weighted by Gasteiger charge is -2.29. The molecule has 2 rings (SSSR count). The summed E-state index contributed by atoms with van der Waals surface area (Å²) in [4.78, 5) is 2.32. The van der Waals surface area contributed by atoms with E-state index in [0.29, 0.717) is 12.6 Å². The first-order valence-electron chi connectivity index (χ1n) is 7.59. The molecule has 0 saturated carbocycles. The van der Waals surface area contributed by atoms with E-state index in [1.54, 1.807) is 0 Å². The number of aliphatic hydroxyl groups is 1. The van der Waals surface area contributed by atoms with Crippen LogP contribution in [0.3, 0.4) is 0 Å². The maximum absolute atomic E-state index is 10.4. The average Bonchev–Trinajstić information content (AvgIpc) is 2.49. The largest absolute Gasteiger partial charge is 0.387 e. The predicted octanol–water partition coefficient (Wildman–Crippen LogP) is 3.94. The Kier molecular flexibility index (Phi) is 5.54. The number of hydrogen-bond donors (Lipinski definition) is 1. The van der Waals surface area contributed by atoms with E-state index in [9.17, 15) is 5.11 Å². The molecule has 0 saturated heterocycles. The van der Waals surface area contributed by atoms with Crippen molar-refractivity contribution in [3.05, 3.63) is 71.3 Å². The molecule has 0 aliphatic carbocycles. The molecule has 0 unspecified atom stereocenters. The second-order valence-corrected chi connectivity index (χ2v) is 5.88. The number of nitrogens with zero attached hydrogens (tertiary/aromatic N) is 1. The zero-order valence-electron chi connectivity index (χ0n) is 13.2. The van der Waals surface area contributed by atoms with E-state index in [2.05, 4.69) is 49.9 Å². The van der Waals surface area contributed by atoms with Crippen molar-refractivity contribution in [1.29, 1.82) is 0 Å². The van der Waals surface area contributed by atoms with E-state index >= 15 is 0 Å². The summed E-state index contributed by atoms with van der Waals surface area (Å²) < 4.78 is 0. The number of aryl methyl sites for hydroxylation is 1. The van der Waals surface area contributed by atoms with Crippen LogP contribution >= 0.6 is 0 Å². The van der Waals surface area contributed by atoms with Crippen molar-refractivity contribution in [3.63, 3.8) is 0 Å². The van der Waals surface area contributed by atoms with Gasteiger partial charge in [-0.3, -0.25) is 4.90 Å². The van der Waals surface area contributed by atoms with Gasteiger partial charge < -0.3 is 5.11 Å². The highest BCUT2D eigenvalue weighted by Gasteiger charge is 2.17. The quantitative estimate of drug-likeness (QED) is 0.868. The normalized spacial score (nSPS) is 12.9. The lowest BCUT2D eigenvalue weighted by Crippen LogP contribution is -2.34. The smallest absolute Gasteiger partial charge is 0.0917 e. The van der Waals surface area contributed by atoms with Crippen LogP contribution in [0.25, 0.3) is 0 Å². The highest BCUT2D eigenvalue weighted by Crippen LogP contribution is 2.18. The second-order valence-electron chi connectivity index (χ2n) is 5.88. The first-order valence-corrected chi connectivity index (χ1v) is 7.59. The van der Waals surface area contributed by atoms with Gasteiger partial charge in [0.15, 0.2) is 0 Å². The summed E-state index contributed by atoms with van der Waals surface area (Å²) in [6.45, 7) is 8.01. The Morgan fingerprint density at radius 3 is 2.19 bits per heavy atom. The molecule has 2 aromatic carbocycles. The highest BCUT2D eigenvalue weighted by molar-refractivity contribution is 5.25.